The lowest BCUT2D eigenvalue weighted by molar-refractivity contribution is 0.121. The molecule has 0 fully saturated rings. The van der Waals surface area contributed by atoms with E-state index >= 15 is 0 Å². The number of allylic oxidation sites excluding steroid dienone is 3. The maximum Gasteiger partial charge on any atom is 0.511 e. The highest BCUT2D eigenvalue weighted by Crippen LogP contribution is 2.10. The summed E-state index contributed by atoms with van der Waals surface area (Å²) in [7, 11) is 0. The van der Waals surface area contributed by atoms with Crippen LogP contribution in [0.1, 0.15) is 12.8 Å². The molecule has 0 amide bonds. The van der Waals surface area contributed by atoms with E-state index in [-0.39, 0.29) is 0 Å². The van der Waals surface area contributed by atoms with Crippen LogP contribution in [0.2, 0.25) is 0 Å². The molecule has 10 heavy (non-hydrogen) atoms. The molecule has 0 saturated carbocycles. The summed E-state index contributed by atoms with van der Waals surface area (Å²) in [6, 6.07) is 0. The molecule has 0 heterocycles. The molecule has 0 saturated heterocycles. The Balaban J connectivity index is 2.48. The van der Waals surface area contributed by atoms with E-state index in [9.17, 15) is 4.79 Å². The Morgan fingerprint density at radius 1 is 1.60 bits per heavy atom. The zero-order chi connectivity index (χ0) is 7.40. The van der Waals surface area contributed by atoms with Crippen LogP contribution in [-0.2, 0) is 4.74 Å². The van der Waals surface area contributed by atoms with Crippen LogP contribution in [0.25, 0.3) is 0 Å². The molecule has 0 radical (unpaired) electrons. The fourth-order valence-corrected chi connectivity index (χ4v) is 0.766. The Morgan fingerprint density at radius 2 is 2.40 bits per heavy atom. The third kappa shape index (κ3) is 1.93. The van der Waals surface area contributed by atoms with Crippen molar-refractivity contribution in [2.75, 3.05) is 0 Å². The average molecular weight is 140 g/mol. The monoisotopic (exact) mass is 140 g/mol. The van der Waals surface area contributed by atoms with Gasteiger partial charge in [0.25, 0.3) is 0 Å². The Bertz CT molecular complexity index is 191. The highest BCUT2D eigenvalue weighted by atomic mass is 16.7. The minimum Gasteiger partial charge on any atom is -0.449 e. The summed E-state index contributed by atoms with van der Waals surface area (Å²) in [5.41, 5.74) is 0. The van der Waals surface area contributed by atoms with Crippen molar-refractivity contribution in [2.24, 2.45) is 0 Å². The van der Waals surface area contributed by atoms with Crippen LogP contribution in [0, 0.1) is 0 Å². The van der Waals surface area contributed by atoms with Gasteiger partial charge in [-0.3, -0.25) is 0 Å². The van der Waals surface area contributed by atoms with Crippen LogP contribution in [-0.4, -0.2) is 11.3 Å². The first kappa shape index (κ1) is 6.86. The van der Waals surface area contributed by atoms with E-state index < -0.39 is 6.16 Å². The molecular formula is C7H8O3. The van der Waals surface area contributed by atoms with Gasteiger partial charge >= 0.3 is 6.16 Å². The highest BCUT2D eigenvalue weighted by molar-refractivity contribution is 5.59. The Kier molecular flexibility index (Phi) is 2.10. The Morgan fingerprint density at radius 3 is 2.90 bits per heavy atom. The van der Waals surface area contributed by atoms with E-state index in [1.807, 2.05) is 6.08 Å². The van der Waals surface area contributed by atoms with Gasteiger partial charge in [-0.1, -0.05) is 6.08 Å². The summed E-state index contributed by atoms with van der Waals surface area (Å²) in [4.78, 5) is 9.97. The lowest BCUT2D eigenvalue weighted by Crippen LogP contribution is -1.99. The van der Waals surface area contributed by atoms with E-state index in [2.05, 4.69) is 4.74 Å². The molecule has 0 bridgehead atoms. The highest BCUT2D eigenvalue weighted by Gasteiger charge is 2.01. The molecule has 0 aromatic carbocycles. The molecule has 54 valence electrons. The second-order valence-corrected chi connectivity index (χ2v) is 1.95. The summed E-state index contributed by atoms with van der Waals surface area (Å²) in [5.74, 6) is 0.429. The van der Waals surface area contributed by atoms with Gasteiger partial charge in [-0.25, -0.2) is 4.79 Å². The number of hydrogen-bond donors (Lipinski definition) is 1. The lowest BCUT2D eigenvalue weighted by atomic mass is 10.2. The van der Waals surface area contributed by atoms with Crippen molar-refractivity contribution in [1.29, 1.82) is 0 Å². The molecule has 1 N–H and O–H groups in total. The summed E-state index contributed by atoms with van der Waals surface area (Å²) in [6.45, 7) is 0. The smallest absolute Gasteiger partial charge is 0.449 e. The number of rotatable bonds is 1. The third-order valence-corrected chi connectivity index (χ3v) is 1.17. The average Bonchev–Trinajstić information content (AvgIpc) is 1.88. The van der Waals surface area contributed by atoms with Crippen LogP contribution >= 0.6 is 0 Å². The molecule has 0 aromatic rings. The number of carbonyl (C=O) groups is 1. The van der Waals surface area contributed by atoms with Gasteiger partial charge in [0.2, 0.25) is 0 Å². The van der Waals surface area contributed by atoms with Gasteiger partial charge in [-0.15, -0.1) is 0 Å². The Hall–Kier alpha value is -1.25. The largest absolute Gasteiger partial charge is 0.511 e. The van der Waals surface area contributed by atoms with E-state index in [1.165, 1.54) is 0 Å². The summed E-state index contributed by atoms with van der Waals surface area (Å²) >= 11 is 0. The van der Waals surface area contributed by atoms with Crippen molar-refractivity contribution in [3.8, 4) is 0 Å². The van der Waals surface area contributed by atoms with Crippen molar-refractivity contribution in [3.63, 3.8) is 0 Å². The summed E-state index contributed by atoms with van der Waals surface area (Å²) in [5, 5.41) is 8.17. The minimum absolute atomic E-state index is 0.429. The second kappa shape index (κ2) is 3.06. The van der Waals surface area contributed by atoms with Crippen LogP contribution in [0.5, 0.6) is 0 Å². The van der Waals surface area contributed by atoms with Gasteiger partial charge in [-0.05, 0) is 25.0 Å². The van der Waals surface area contributed by atoms with Crippen LogP contribution in [0.3, 0.4) is 0 Å². The van der Waals surface area contributed by atoms with Gasteiger partial charge in [0.15, 0.2) is 0 Å². The molecule has 1 aliphatic rings. The van der Waals surface area contributed by atoms with Crippen molar-refractivity contribution < 1.29 is 14.6 Å². The van der Waals surface area contributed by atoms with Gasteiger partial charge in [0.05, 0.1) is 0 Å². The van der Waals surface area contributed by atoms with E-state index in [0.29, 0.717) is 5.76 Å². The zero-order valence-electron chi connectivity index (χ0n) is 5.41. The number of ether oxygens (including phenoxy) is 1. The Labute approximate surface area is 58.6 Å². The van der Waals surface area contributed by atoms with Gasteiger partial charge < -0.3 is 9.84 Å². The van der Waals surface area contributed by atoms with E-state index in [1.54, 1.807) is 12.2 Å². The lowest BCUT2D eigenvalue weighted by Gasteiger charge is -2.03. The fourth-order valence-electron chi connectivity index (χ4n) is 0.766. The predicted octanol–water partition coefficient (Wildman–Crippen LogP) is 1.91. The quantitative estimate of drug-likeness (QED) is 0.566. The molecule has 3 nitrogen and oxygen atoms in total. The van der Waals surface area contributed by atoms with E-state index in [0.717, 1.165) is 12.8 Å². The first-order valence-electron chi connectivity index (χ1n) is 3.06. The number of hydrogen-bond acceptors (Lipinski definition) is 2. The van der Waals surface area contributed by atoms with Gasteiger partial charge in [0, 0.05) is 0 Å². The van der Waals surface area contributed by atoms with Gasteiger partial charge in [0.1, 0.15) is 5.76 Å². The predicted molar refractivity (Wildman–Crippen MR) is 35.6 cm³/mol. The summed E-state index contributed by atoms with van der Waals surface area (Å²) < 4.78 is 4.38. The maximum atomic E-state index is 9.97. The minimum atomic E-state index is -1.25. The zero-order valence-corrected chi connectivity index (χ0v) is 5.41. The molecule has 0 atom stereocenters. The van der Waals surface area contributed by atoms with Crippen LogP contribution in [0.15, 0.2) is 24.0 Å². The molecule has 1 rings (SSSR count). The molecule has 0 aliphatic heterocycles. The first-order chi connectivity index (χ1) is 4.79. The second-order valence-electron chi connectivity index (χ2n) is 1.95. The SMILES string of the molecule is O=C(O)OC1=CCCC=C1. The topological polar surface area (TPSA) is 46.5 Å². The third-order valence-electron chi connectivity index (χ3n) is 1.17. The molecule has 1 aliphatic carbocycles. The molecule has 0 aromatic heterocycles. The first-order valence-corrected chi connectivity index (χ1v) is 3.06. The molecule has 3 heteroatoms. The molecule has 0 spiro atoms. The van der Waals surface area contributed by atoms with Crippen molar-refractivity contribution in [3.05, 3.63) is 24.0 Å². The standard InChI is InChI=1S/C7H8O3/c8-7(9)10-6-4-2-1-3-5-6/h2,4-5H,1,3H2,(H,8,9). The van der Waals surface area contributed by atoms with Crippen LogP contribution in [0.4, 0.5) is 4.79 Å². The van der Waals surface area contributed by atoms with Crippen molar-refractivity contribution >= 4 is 6.16 Å². The van der Waals surface area contributed by atoms with Crippen LogP contribution < -0.4 is 0 Å². The summed E-state index contributed by atoms with van der Waals surface area (Å²) in [6.07, 6.45) is 5.88. The fraction of sp³-hybridized carbons (Fsp3) is 0.286. The normalized spacial score (nSPS) is 16.2. The molecular weight excluding hydrogens is 132 g/mol. The van der Waals surface area contributed by atoms with E-state index in [4.69, 9.17) is 5.11 Å². The van der Waals surface area contributed by atoms with Crippen molar-refractivity contribution in [1.82, 2.24) is 0 Å². The van der Waals surface area contributed by atoms with Gasteiger partial charge in [-0.2, -0.15) is 0 Å². The maximum absolute atomic E-state index is 9.97. The molecule has 0 unspecified atom stereocenters. The number of carboxylic acid groups (broad SMARTS) is 1. The van der Waals surface area contributed by atoms with Crippen molar-refractivity contribution in [2.45, 2.75) is 12.8 Å².